The Labute approximate surface area is 248 Å². The number of nitrogens with zero attached hydrogens (tertiary/aromatic N) is 2. The predicted molar refractivity (Wildman–Crippen MR) is 143 cm³/mol. The predicted octanol–water partition coefficient (Wildman–Crippen LogP) is 5.90. The molecule has 0 bridgehead atoms. The van der Waals surface area contributed by atoms with E-state index in [4.69, 9.17) is 0 Å². The second kappa shape index (κ2) is 11.9. The number of hydrogen-bond acceptors (Lipinski definition) is 4. The third-order valence-corrected chi connectivity index (χ3v) is 8.55. The van der Waals surface area contributed by atoms with Crippen molar-refractivity contribution in [2.45, 2.75) is 47.7 Å². The van der Waals surface area contributed by atoms with Crippen molar-refractivity contribution in [1.82, 2.24) is 9.13 Å². The van der Waals surface area contributed by atoms with Gasteiger partial charge in [0.15, 0.2) is 0 Å². The first-order chi connectivity index (χ1) is 20.8. The lowest BCUT2D eigenvalue weighted by Crippen LogP contribution is -2.63. The summed E-state index contributed by atoms with van der Waals surface area (Å²) in [6.07, 6.45) is -6.65. The average Bonchev–Trinajstić information content (AvgIpc) is 2.98. The van der Waals surface area contributed by atoms with Crippen molar-refractivity contribution in [3.8, 4) is 0 Å². The smallest absolute Gasteiger partial charge is 0.296 e. The van der Waals surface area contributed by atoms with Gasteiger partial charge < -0.3 is 0 Å². The monoisotopic (exact) mass is 664 g/mol. The summed E-state index contributed by atoms with van der Waals surface area (Å²) in [6.45, 7) is -0.241. The normalized spacial score (nSPS) is 13.2. The van der Waals surface area contributed by atoms with Crippen LogP contribution in [0, 0.1) is 0 Å². The summed E-state index contributed by atoms with van der Waals surface area (Å²) in [6, 6.07) is 19.2. The van der Waals surface area contributed by atoms with Crippen molar-refractivity contribution in [1.29, 1.82) is 0 Å². The van der Waals surface area contributed by atoms with Crippen molar-refractivity contribution in [3.63, 3.8) is 0 Å². The molecule has 0 fully saturated rings. The number of aromatic nitrogens is 2. The molecular weight excluding hydrogens is 643 g/mol. The summed E-state index contributed by atoms with van der Waals surface area (Å²) in [5.41, 5.74) is -0.902. The second-order valence-electron chi connectivity index (χ2n) is 9.92. The van der Waals surface area contributed by atoms with Crippen molar-refractivity contribution in [3.05, 3.63) is 134 Å². The minimum Gasteiger partial charge on any atom is -0.296 e. The van der Waals surface area contributed by atoms with Crippen LogP contribution >= 0.6 is 0 Å². The Hall–Kier alpha value is -4.34. The highest BCUT2D eigenvalue weighted by Crippen LogP contribution is 2.55. The van der Waals surface area contributed by atoms with E-state index in [0.717, 1.165) is 27.5 Å². The van der Waals surface area contributed by atoms with Crippen LogP contribution in [0.1, 0.15) is 22.3 Å². The van der Waals surface area contributed by atoms with E-state index in [1.54, 1.807) is 60.7 Å². The molecular formula is C29H21F9N2O4S. The maximum atomic E-state index is 14.5. The van der Waals surface area contributed by atoms with E-state index in [-0.39, 0.29) is 24.2 Å². The average molecular weight is 665 g/mol. The molecule has 1 aromatic heterocycles. The Morgan fingerprint density at radius 3 is 1.67 bits per heavy atom. The molecule has 0 aliphatic rings. The molecule has 4 aromatic rings. The van der Waals surface area contributed by atoms with Crippen LogP contribution in [-0.4, -0.2) is 40.8 Å². The van der Waals surface area contributed by atoms with E-state index in [0.29, 0.717) is 23.3 Å². The van der Waals surface area contributed by atoms with Gasteiger partial charge in [-0.1, -0.05) is 72.8 Å². The maximum absolute atomic E-state index is 14.5. The van der Waals surface area contributed by atoms with Crippen LogP contribution in [-0.2, 0) is 29.3 Å². The van der Waals surface area contributed by atoms with Gasteiger partial charge in [-0.25, -0.2) is 13.2 Å². The highest BCUT2D eigenvalue weighted by molar-refractivity contribution is 7.92. The third kappa shape index (κ3) is 6.15. The van der Waals surface area contributed by atoms with Crippen LogP contribution in [0.25, 0.3) is 0 Å². The fourth-order valence-corrected chi connectivity index (χ4v) is 5.68. The molecule has 0 saturated heterocycles. The van der Waals surface area contributed by atoms with E-state index in [1.807, 2.05) is 0 Å². The Morgan fingerprint density at radius 1 is 0.622 bits per heavy atom. The summed E-state index contributed by atoms with van der Waals surface area (Å²) in [5, 5.41) is -6.91. The molecule has 3 aromatic carbocycles. The molecule has 0 unspecified atom stereocenters. The van der Waals surface area contributed by atoms with Crippen LogP contribution in [0.4, 0.5) is 39.5 Å². The Kier molecular flexibility index (Phi) is 8.85. The molecule has 0 atom stereocenters. The number of sulfone groups is 1. The number of rotatable bonds is 10. The summed E-state index contributed by atoms with van der Waals surface area (Å²) in [7, 11) is -6.87. The summed E-state index contributed by atoms with van der Waals surface area (Å²) in [4.78, 5) is 25.0. The number of hydrogen-bond donors (Lipinski definition) is 0. The van der Waals surface area contributed by atoms with Gasteiger partial charge in [-0.05, 0) is 28.8 Å². The Balaban J connectivity index is 1.78. The van der Waals surface area contributed by atoms with E-state index in [1.165, 1.54) is 0 Å². The Bertz CT molecular complexity index is 1910. The molecule has 45 heavy (non-hydrogen) atoms. The van der Waals surface area contributed by atoms with Gasteiger partial charge >= 0.3 is 29.0 Å². The minimum atomic E-state index is -7.41. The highest BCUT2D eigenvalue weighted by Gasteiger charge is 2.85. The van der Waals surface area contributed by atoms with Gasteiger partial charge in [0.2, 0.25) is 9.84 Å². The topological polar surface area (TPSA) is 78.1 Å². The van der Waals surface area contributed by atoms with Crippen LogP contribution < -0.4 is 11.2 Å². The molecule has 4 rings (SSSR count). The van der Waals surface area contributed by atoms with Crippen molar-refractivity contribution in [2.75, 3.05) is 0 Å². The molecule has 16 heteroatoms. The third-order valence-electron chi connectivity index (χ3n) is 6.74. The molecule has 0 spiro atoms. The highest BCUT2D eigenvalue weighted by atomic mass is 32.2. The van der Waals surface area contributed by atoms with Gasteiger partial charge in [0.25, 0.3) is 5.56 Å². The molecule has 0 N–H and O–H groups in total. The Morgan fingerprint density at radius 2 is 1.13 bits per heavy atom. The number of halogens is 9. The summed E-state index contributed by atoms with van der Waals surface area (Å²) in [5.74, 6) is -14.8. The first-order valence-corrected chi connectivity index (χ1v) is 14.2. The van der Waals surface area contributed by atoms with Crippen LogP contribution in [0.15, 0.2) is 106 Å². The van der Waals surface area contributed by atoms with Crippen molar-refractivity contribution >= 4 is 9.84 Å². The number of alkyl halides is 9. The van der Waals surface area contributed by atoms with E-state index < -0.39 is 55.7 Å². The van der Waals surface area contributed by atoms with Gasteiger partial charge in [0.1, 0.15) is 0 Å². The zero-order chi connectivity index (χ0) is 33.4. The SMILES string of the molecule is O=c1c(Cc2cccc(S(=O)(=O)C(F)(F)C(F)(F)C(F)(F)C(F)(F)F)c2)cn(Cc2ccccc2)c(=O)n1Cc1ccccc1. The van der Waals surface area contributed by atoms with Gasteiger partial charge in [0, 0.05) is 18.2 Å². The van der Waals surface area contributed by atoms with Gasteiger partial charge in [0.05, 0.1) is 18.0 Å². The summed E-state index contributed by atoms with van der Waals surface area (Å²) < 4.78 is 148. The van der Waals surface area contributed by atoms with E-state index >= 15 is 0 Å². The lowest BCUT2D eigenvalue weighted by Gasteiger charge is -2.33. The molecule has 0 radical (unpaired) electrons. The molecule has 0 saturated carbocycles. The van der Waals surface area contributed by atoms with Gasteiger partial charge in [-0.15, -0.1) is 0 Å². The zero-order valence-corrected chi connectivity index (χ0v) is 23.4. The first-order valence-electron chi connectivity index (χ1n) is 12.8. The molecule has 0 aliphatic carbocycles. The van der Waals surface area contributed by atoms with Gasteiger partial charge in [-0.3, -0.25) is 13.9 Å². The second-order valence-corrected chi connectivity index (χ2v) is 11.9. The molecule has 0 aliphatic heterocycles. The standard InChI is InChI=1S/C29H21F9N2O4S/c30-26(31,28(34,35)36)27(32,33)29(37,38)45(43,44)23-13-7-12-21(15-23)14-22-18-39(16-19-8-3-1-4-9-19)25(42)40(24(22)41)17-20-10-5-2-6-11-20/h1-13,15,18H,14,16-17H2. The lowest BCUT2D eigenvalue weighted by molar-refractivity contribution is -0.382. The maximum Gasteiger partial charge on any atom is 0.460 e. The molecule has 240 valence electrons. The van der Waals surface area contributed by atoms with Crippen LogP contribution in [0.2, 0.25) is 0 Å². The quantitative estimate of drug-likeness (QED) is 0.198. The fourth-order valence-electron chi connectivity index (χ4n) is 4.35. The van der Waals surface area contributed by atoms with E-state index in [2.05, 4.69) is 0 Å². The van der Waals surface area contributed by atoms with Gasteiger partial charge in [-0.2, -0.15) is 39.5 Å². The number of benzene rings is 3. The molecule has 0 amide bonds. The van der Waals surface area contributed by atoms with Crippen molar-refractivity contribution in [2.24, 2.45) is 0 Å². The minimum absolute atomic E-state index is 0.0368. The lowest BCUT2D eigenvalue weighted by atomic mass is 10.1. The molecule has 1 heterocycles. The van der Waals surface area contributed by atoms with Crippen LogP contribution in [0.3, 0.4) is 0 Å². The molecule has 6 nitrogen and oxygen atoms in total. The fraction of sp³-hybridized carbons (Fsp3) is 0.241. The largest absolute Gasteiger partial charge is 0.460 e. The van der Waals surface area contributed by atoms with E-state index in [9.17, 15) is 57.5 Å². The first kappa shape index (κ1) is 33.6. The summed E-state index contributed by atoms with van der Waals surface area (Å²) >= 11 is 0. The zero-order valence-electron chi connectivity index (χ0n) is 22.6. The van der Waals surface area contributed by atoms with Crippen molar-refractivity contribution < 1.29 is 47.9 Å². The van der Waals surface area contributed by atoms with Crippen LogP contribution in [0.5, 0.6) is 0 Å².